The third-order valence-corrected chi connectivity index (χ3v) is 4.58. The molecule has 1 heterocycles. The van der Waals surface area contributed by atoms with Crippen molar-refractivity contribution in [1.82, 2.24) is 5.32 Å². The van der Waals surface area contributed by atoms with Gasteiger partial charge in [-0.15, -0.1) is 13.2 Å². The molecular formula is C18H23BF3NO4. The number of benzene rings is 1. The number of alkyl halides is 3. The molecule has 1 saturated heterocycles. The van der Waals surface area contributed by atoms with Crippen molar-refractivity contribution in [3.8, 4) is 5.75 Å². The minimum absolute atomic E-state index is 0.0620. The first-order chi connectivity index (χ1) is 12.3. The van der Waals surface area contributed by atoms with Crippen LogP contribution >= 0.6 is 0 Å². The minimum Gasteiger partial charge on any atom is -0.405 e. The van der Waals surface area contributed by atoms with Crippen LogP contribution in [0, 0.1) is 0 Å². The van der Waals surface area contributed by atoms with Gasteiger partial charge in [0.2, 0.25) is 5.91 Å². The van der Waals surface area contributed by atoms with Gasteiger partial charge >= 0.3 is 13.5 Å². The second-order valence-electron chi connectivity index (χ2n) is 7.30. The highest BCUT2D eigenvalue weighted by molar-refractivity contribution is 6.56. The highest BCUT2D eigenvalue weighted by atomic mass is 19.4. The van der Waals surface area contributed by atoms with Crippen molar-refractivity contribution in [2.45, 2.75) is 52.2 Å². The fraction of sp³-hybridized carbons (Fsp3) is 0.500. The molecular weight excluding hydrogens is 362 g/mol. The van der Waals surface area contributed by atoms with Crippen LogP contribution in [0.15, 0.2) is 29.7 Å². The Kier molecular flexibility index (Phi) is 5.96. The quantitative estimate of drug-likeness (QED) is 0.785. The van der Waals surface area contributed by atoms with Gasteiger partial charge in [-0.1, -0.05) is 24.3 Å². The van der Waals surface area contributed by atoms with E-state index in [-0.39, 0.29) is 23.8 Å². The smallest absolute Gasteiger partial charge is 0.405 e. The van der Waals surface area contributed by atoms with Crippen molar-refractivity contribution < 1.29 is 32.0 Å². The lowest BCUT2D eigenvalue weighted by Crippen LogP contribution is -2.41. The van der Waals surface area contributed by atoms with E-state index in [0.717, 1.165) is 0 Å². The van der Waals surface area contributed by atoms with Gasteiger partial charge in [0.05, 0.1) is 11.2 Å². The predicted molar refractivity (Wildman–Crippen MR) is 95.9 cm³/mol. The molecule has 0 aliphatic carbocycles. The number of amides is 1. The van der Waals surface area contributed by atoms with Crippen molar-refractivity contribution in [2.75, 3.05) is 6.54 Å². The predicted octanol–water partition coefficient (Wildman–Crippen LogP) is 3.74. The molecule has 1 N–H and O–H groups in total. The van der Waals surface area contributed by atoms with Crippen LogP contribution in [0.25, 0.3) is 6.08 Å². The van der Waals surface area contributed by atoms with Crippen molar-refractivity contribution in [3.05, 3.63) is 35.3 Å². The number of rotatable bonds is 5. The summed E-state index contributed by atoms with van der Waals surface area (Å²) in [7, 11) is -0.819. The summed E-state index contributed by atoms with van der Waals surface area (Å²) in [6, 6.07) is 5.75. The number of para-hydroxylation sites is 1. The van der Waals surface area contributed by atoms with Gasteiger partial charge in [0.25, 0.3) is 0 Å². The summed E-state index contributed by atoms with van der Waals surface area (Å²) in [6.45, 7) is 8.87. The van der Waals surface area contributed by atoms with Crippen LogP contribution in [0.4, 0.5) is 13.2 Å². The van der Waals surface area contributed by atoms with Gasteiger partial charge in [-0.25, -0.2) is 0 Å². The molecule has 9 heteroatoms. The minimum atomic E-state index is -4.81. The lowest BCUT2D eigenvalue weighted by Gasteiger charge is -2.32. The molecule has 0 bridgehead atoms. The molecule has 1 aromatic carbocycles. The van der Waals surface area contributed by atoms with E-state index < -0.39 is 24.7 Å². The molecule has 0 unspecified atom stereocenters. The standard InChI is InChI=1S/C18H23BF3NO4/c1-12(24)23-11-14(19-26-16(2,3)17(4,5)27-19)10-13-8-6-7-9-15(13)25-18(20,21)22/h6-10H,11H2,1-5H3,(H,23,24). The Labute approximate surface area is 157 Å². The maximum absolute atomic E-state index is 12.7. The monoisotopic (exact) mass is 385 g/mol. The van der Waals surface area contributed by atoms with Gasteiger partial charge in [-0.3, -0.25) is 4.79 Å². The third-order valence-electron chi connectivity index (χ3n) is 4.58. The Morgan fingerprint density at radius 2 is 1.74 bits per heavy atom. The van der Waals surface area contributed by atoms with Crippen molar-refractivity contribution >= 4 is 19.1 Å². The number of ether oxygens (including phenoxy) is 1. The van der Waals surface area contributed by atoms with Crippen LogP contribution < -0.4 is 10.1 Å². The number of halogens is 3. The Balaban J connectivity index is 2.39. The molecule has 0 atom stereocenters. The zero-order valence-corrected chi connectivity index (χ0v) is 15.9. The van der Waals surface area contributed by atoms with Crippen LogP contribution in [0.2, 0.25) is 0 Å². The average molecular weight is 385 g/mol. The summed E-state index contributed by atoms with van der Waals surface area (Å²) in [4.78, 5) is 11.3. The van der Waals surface area contributed by atoms with Gasteiger partial charge in [0, 0.05) is 19.0 Å². The fourth-order valence-electron chi connectivity index (χ4n) is 2.44. The lowest BCUT2D eigenvalue weighted by atomic mass is 9.77. The molecule has 1 aliphatic rings. The van der Waals surface area contributed by atoms with E-state index in [2.05, 4.69) is 10.1 Å². The SMILES string of the molecule is CC(=O)NCC(=Cc1ccccc1OC(F)(F)F)B1OC(C)(C)C(C)(C)O1. The second kappa shape index (κ2) is 7.56. The van der Waals surface area contributed by atoms with E-state index in [1.54, 1.807) is 6.07 Å². The van der Waals surface area contributed by atoms with Crippen LogP contribution in [-0.2, 0) is 14.1 Å². The van der Waals surface area contributed by atoms with E-state index in [0.29, 0.717) is 5.47 Å². The maximum atomic E-state index is 12.7. The Morgan fingerprint density at radius 1 is 1.19 bits per heavy atom. The first-order valence-electron chi connectivity index (χ1n) is 8.46. The third kappa shape index (κ3) is 5.49. The molecule has 0 spiro atoms. The molecule has 2 rings (SSSR count). The first-order valence-corrected chi connectivity index (χ1v) is 8.46. The highest BCUT2D eigenvalue weighted by Crippen LogP contribution is 2.39. The molecule has 148 valence electrons. The Bertz CT molecular complexity index is 716. The van der Waals surface area contributed by atoms with Crippen LogP contribution in [0.5, 0.6) is 5.75 Å². The van der Waals surface area contributed by atoms with Crippen LogP contribution in [-0.4, -0.2) is 37.1 Å². The maximum Gasteiger partial charge on any atom is 0.573 e. The number of hydrogen-bond acceptors (Lipinski definition) is 4. The number of carbonyl (C=O) groups is 1. The molecule has 1 aromatic rings. The van der Waals surface area contributed by atoms with Crippen molar-refractivity contribution in [2.24, 2.45) is 0 Å². The summed E-state index contributed by atoms with van der Waals surface area (Å²) >= 11 is 0. The summed E-state index contributed by atoms with van der Waals surface area (Å²) in [6.07, 6.45) is -3.33. The van der Waals surface area contributed by atoms with Gasteiger partial charge in [-0.2, -0.15) is 0 Å². The van der Waals surface area contributed by atoms with Crippen molar-refractivity contribution in [3.63, 3.8) is 0 Å². The molecule has 1 aliphatic heterocycles. The van der Waals surface area contributed by atoms with Gasteiger partial charge in [-0.05, 0) is 39.2 Å². The molecule has 5 nitrogen and oxygen atoms in total. The van der Waals surface area contributed by atoms with Gasteiger partial charge < -0.3 is 19.4 Å². The second-order valence-corrected chi connectivity index (χ2v) is 7.30. The molecule has 0 aromatic heterocycles. The van der Waals surface area contributed by atoms with Crippen LogP contribution in [0.3, 0.4) is 0 Å². The van der Waals surface area contributed by atoms with Crippen LogP contribution in [0.1, 0.15) is 40.2 Å². The Hall–Kier alpha value is -2.00. The van der Waals surface area contributed by atoms with Gasteiger partial charge in [0.1, 0.15) is 5.75 Å². The number of hydrogen-bond donors (Lipinski definition) is 1. The van der Waals surface area contributed by atoms with Gasteiger partial charge in [0.15, 0.2) is 0 Å². The van der Waals surface area contributed by atoms with E-state index in [9.17, 15) is 18.0 Å². The molecule has 0 saturated carbocycles. The number of nitrogens with one attached hydrogen (secondary N) is 1. The lowest BCUT2D eigenvalue weighted by molar-refractivity contribution is -0.274. The first kappa shape index (κ1) is 21.3. The van der Waals surface area contributed by atoms with Crippen molar-refractivity contribution in [1.29, 1.82) is 0 Å². The average Bonchev–Trinajstić information content (AvgIpc) is 2.71. The fourth-order valence-corrected chi connectivity index (χ4v) is 2.44. The van der Waals surface area contributed by atoms with E-state index >= 15 is 0 Å². The topological polar surface area (TPSA) is 56.8 Å². The largest absolute Gasteiger partial charge is 0.573 e. The summed E-state index contributed by atoms with van der Waals surface area (Å²) in [5, 5.41) is 2.63. The molecule has 0 radical (unpaired) electrons. The van der Waals surface area contributed by atoms with E-state index in [1.807, 2.05) is 27.7 Å². The summed E-state index contributed by atoms with van der Waals surface area (Å²) in [5.41, 5.74) is -0.587. The normalized spacial score (nSPS) is 19.1. The molecule has 1 fully saturated rings. The molecule has 27 heavy (non-hydrogen) atoms. The summed E-state index contributed by atoms with van der Waals surface area (Å²) < 4.78 is 54.0. The molecule has 1 amide bonds. The summed E-state index contributed by atoms with van der Waals surface area (Å²) in [5.74, 6) is -0.626. The highest BCUT2D eigenvalue weighted by Gasteiger charge is 2.52. The zero-order chi connectivity index (χ0) is 20.5. The Morgan fingerprint density at radius 3 is 2.26 bits per heavy atom. The van der Waals surface area contributed by atoms with E-state index in [1.165, 1.54) is 31.2 Å². The number of carbonyl (C=O) groups excluding carboxylic acids is 1. The van der Waals surface area contributed by atoms with E-state index in [4.69, 9.17) is 9.31 Å². The zero-order valence-electron chi connectivity index (χ0n) is 15.9.